The summed E-state index contributed by atoms with van der Waals surface area (Å²) in [5.41, 5.74) is 2.22. The number of carbonyl (C=O) groups excluding carboxylic acids is 1. The molecule has 6 heteroatoms. The Labute approximate surface area is 146 Å². The van der Waals surface area contributed by atoms with Crippen LogP contribution in [0.15, 0.2) is 42.7 Å². The Morgan fingerprint density at radius 1 is 1.58 bits per heavy atom. The lowest BCUT2D eigenvalue weighted by Gasteiger charge is -2.34. The van der Waals surface area contributed by atoms with Gasteiger partial charge in [0.15, 0.2) is 0 Å². The van der Waals surface area contributed by atoms with Crippen molar-refractivity contribution in [2.45, 2.75) is 32.5 Å². The van der Waals surface area contributed by atoms with Gasteiger partial charge in [0, 0.05) is 30.7 Å². The number of thiophene rings is 1. The predicted molar refractivity (Wildman–Crippen MR) is 95.5 cm³/mol. The molecule has 0 aromatic carbocycles. The largest absolute Gasteiger partial charge is 0.332 e. The summed E-state index contributed by atoms with van der Waals surface area (Å²) in [6.07, 6.45) is 6.14. The molecule has 0 bridgehead atoms. The first-order valence-corrected chi connectivity index (χ1v) is 9.01. The molecule has 2 aromatic rings. The van der Waals surface area contributed by atoms with Crippen LogP contribution < -0.4 is 0 Å². The number of nitrogens with zero attached hydrogens (tertiary/aromatic N) is 4. The molecule has 0 aliphatic carbocycles. The minimum Gasteiger partial charge on any atom is -0.332 e. The maximum atomic E-state index is 13.0. The Kier molecular flexibility index (Phi) is 5.37. The zero-order chi connectivity index (χ0) is 16.9. The highest BCUT2D eigenvalue weighted by Crippen LogP contribution is 2.20. The second-order valence-corrected chi connectivity index (χ2v) is 7.01. The van der Waals surface area contributed by atoms with Crippen LogP contribution in [0, 0.1) is 0 Å². The fraction of sp³-hybridized carbons (Fsp3) is 0.389. The summed E-state index contributed by atoms with van der Waals surface area (Å²) in [5.74, 6) is 0.140. The zero-order valence-electron chi connectivity index (χ0n) is 13.9. The lowest BCUT2D eigenvalue weighted by Crippen LogP contribution is -2.48. The number of fused-ring (bicyclic) bond motifs is 1. The van der Waals surface area contributed by atoms with Gasteiger partial charge in [0.1, 0.15) is 6.33 Å². The third-order valence-electron chi connectivity index (χ3n) is 4.40. The summed E-state index contributed by atoms with van der Waals surface area (Å²) in [6, 6.07) is 3.90. The van der Waals surface area contributed by atoms with E-state index in [-0.39, 0.29) is 11.9 Å². The molecule has 5 nitrogen and oxygen atoms in total. The number of hydrogen-bond acceptors (Lipinski definition) is 5. The minimum atomic E-state index is -0.173. The molecule has 0 N–H and O–H groups in total. The molecule has 2 aromatic heterocycles. The summed E-state index contributed by atoms with van der Waals surface area (Å²) >= 11 is 1.67. The molecule has 0 saturated heterocycles. The normalized spacial score (nSPS) is 15.5. The predicted octanol–water partition coefficient (Wildman–Crippen LogP) is 2.50. The van der Waals surface area contributed by atoms with E-state index in [1.807, 2.05) is 29.5 Å². The number of amides is 1. The van der Waals surface area contributed by atoms with Crippen molar-refractivity contribution >= 4 is 17.2 Å². The van der Waals surface area contributed by atoms with E-state index < -0.39 is 0 Å². The molecule has 24 heavy (non-hydrogen) atoms. The van der Waals surface area contributed by atoms with Crippen molar-refractivity contribution in [3.63, 3.8) is 0 Å². The summed E-state index contributed by atoms with van der Waals surface area (Å²) in [6.45, 7) is 8.53. The molecular weight excluding hydrogens is 320 g/mol. The molecule has 3 rings (SSSR count). The van der Waals surface area contributed by atoms with E-state index in [4.69, 9.17) is 0 Å². The van der Waals surface area contributed by atoms with Crippen molar-refractivity contribution in [1.82, 2.24) is 19.8 Å². The second-order valence-electron chi connectivity index (χ2n) is 5.98. The average molecular weight is 342 g/mol. The van der Waals surface area contributed by atoms with Gasteiger partial charge in [-0.25, -0.2) is 9.97 Å². The highest BCUT2D eigenvalue weighted by atomic mass is 32.1. The van der Waals surface area contributed by atoms with Gasteiger partial charge in [-0.05, 0) is 30.4 Å². The summed E-state index contributed by atoms with van der Waals surface area (Å²) in [7, 11) is 0. The smallest absolute Gasteiger partial charge is 0.240 e. The van der Waals surface area contributed by atoms with Gasteiger partial charge >= 0.3 is 0 Å². The standard InChI is InChI=1S/C18H22N4OS/c1-3-7-22(11-16-5-4-9-24-16)18(23)14(2)21-8-6-15-10-19-13-20-17(15)12-21/h3-5,9-10,13-14H,1,6-8,11-12H2,2H3. The maximum absolute atomic E-state index is 13.0. The molecule has 1 amide bonds. The quantitative estimate of drug-likeness (QED) is 0.757. The van der Waals surface area contributed by atoms with E-state index >= 15 is 0 Å². The highest BCUT2D eigenvalue weighted by Gasteiger charge is 2.29. The SMILES string of the molecule is C=CCN(Cc1cccs1)C(=O)C(C)N1CCc2cncnc2C1. The Morgan fingerprint density at radius 2 is 2.46 bits per heavy atom. The van der Waals surface area contributed by atoms with Crippen LogP contribution in [0.2, 0.25) is 0 Å². The Bertz CT molecular complexity index is 701. The van der Waals surface area contributed by atoms with Crippen molar-refractivity contribution < 1.29 is 4.79 Å². The first kappa shape index (κ1) is 16.8. The number of rotatable bonds is 6. The van der Waals surface area contributed by atoms with Crippen LogP contribution in [0.4, 0.5) is 0 Å². The zero-order valence-corrected chi connectivity index (χ0v) is 14.7. The number of hydrogen-bond donors (Lipinski definition) is 0. The van der Waals surface area contributed by atoms with Crippen molar-refractivity contribution in [1.29, 1.82) is 0 Å². The van der Waals surface area contributed by atoms with Gasteiger partial charge in [0.25, 0.3) is 0 Å². The highest BCUT2D eigenvalue weighted by molar-refractivity contribution is 7.09. The first-order chi connectivity index (χ1) is 11.7. The minimum absolute atomic E-state index is 0.140. The number of carbonyl (C=O) groups is 1. The van der Waals surface area contributed by atoms with Crippen LogP contribution >= 0.6 is 11.3 Å². The van der Waals surface area contributed by atoms with Gasteiger partial charge in [0.05, 0.1) is 18.3 Å². The Balaban J connectivity index is 1.69. The van der Waals surface area contributed by atoms with Crippen molar-refractivity contribution in [3.8, 4) is 0 Å². The van der Waals surface area contributed by atoms with Crippen LogP contribution in [0.25, 0.3) is 0 Å². The third kappa shape index (κ3) is 3.71. The van der Waals surface area contributed by atoms with E-state index in [1.54, 1.807) is 23.7 Å². The summed E-state index contributed by atoms with van der Waals surface area (Å²) in [4.78, 5) is 26.7. The monoisotopic (exact) mass is 342 g/mol. The molecule has 0 spiro atoms. The van der Waals surface area contributed by atoms with Crippen molar-refractivity contribution in [2.75, 3.05) is 13.1 Å². The molecule has 126 valence electrons. The van der Waals surface area contributed by atoms with Crippen LogP contribution in [-0.2, 0) is 24.3 Å². The van der Waals surface area contributed by atoms with Gasteiger partial charge < -0.3 is 4.90 Å². The average Bonchev–Trinajstić information content (AvgIpc) is 3.13. The van der Waals surface area contributed by atoms with Gasteiger partial charge in [-0.3, -0.25) is 9.69 Å². The van der Waals surface area contributed by atoms with E-state index in [1.165, 1.54) is 10.4 Å². The van der Waals surface area contributed by atoms with E-state index in [2.05, 4.69) is 27.5 Å². The van der Waals surface area contributed by atoms with Crippen molar-refractivity contribution in [2.24, 2.45) is 0 Å². The van der Waals surface area contributed by atoms with Crippen LogP contribution in [0.3, 0.4) is 0 Å². The van der Waals surface area contributed by atoms with E-state index in [9.17, 15) is 4.79 Å². The topological polar surface area (TPSA) is 49.3 Å². The second kappa shape index (κ2) is 7.68. The van der Waals surface area contributed by atoms with Crippen LogP contribution in [0.5, 0.6) is 0 Å². The van der Waals surface area contributed by atoms with Gasteiger partial charge in [-0.15, -0.1) is 17.9 Å². The molecular formula is C18H22N4OS. The first-order valence-electron chi connectivity index (χ1n) is 8.13. The summed E-state index contributed by atoms with van der Waals surface area (Å²) in [5, 5.41) is 2.04. The fourth-order valence-corrected chi connectivity index (χ4v) is 3.72. The lowest BCUT2D eigenvalue weighted by atomic mass is 10.0. The van der Waals surface area contributed by atoms with Gasteiger partial charge in [0.2, 0.25) is 5.91 Å². The molecule has 1 unspecified atom stereocenters. The van der Waals surface area contributed by atoms with E-state index in [0.717, 1.165) is 18.7 Å². The fourth-order valence-electron chi connectivity index (χ4n) is 3.00. The van der Waals surface area contributed by atoms with Gasteiger partial charge in [-0.2, -0.15) is 0 Å². The molecule has 1 aliphatic rings. The summed E-state index contributed by atoms with van der Waals surface area (Å²) < 4.78 is 0. The van der Waals surface area contributed by atoms with Crippen LogP contribution in [-0.4, -0.2) is 44.8 Å². The maximum Gasteiger partial charge on any atom is 0.240 e. The molecule has 3 heterocycles. The molecule has 0 radical (unpaired) electrons. The van der Waals surface area contributed by atoms with Crippen molar-refractivity contribution in [3.05, 3.63) is 58.8 Å². The lowest BCUT2D eigenvalue weighted by molar-refractivity contribution is -0.136. The number of aromatic nitrogens is 2. The molecule has 0 fully saturated rings. The molecule has 0 saturated carbocycles. The molecule has 1 atom stereocenters. The van der Waals surface area contributed by atoms with Gasteiger partial charge in [-0.1, -0.05) is 12.1 Å². The molecule has 1 aliphatic heterocycles. The van der Waals surface area contributed by atoms with Crippen LogP contribution in [0.1, 0.15) is 23.1 Å². The van der Waals surface area contributed by atoms with E-state index in [0.29, 0.717) is 19.6 Å². The third-order valence-corrected chi connectivity index (χ3v) is 5.26. The Morgan fingerprint density at radius 3 is 3.21 bits per heavy atom. The Hall–Kier alpha value is -2.05.